The molecule has 0 unspecified atom stereocenters. The molecular formula is C26H28N4O4. The summed E-state index contributed by atoms with van der Waals surface area (Å²) in [6.45, 7) is 2.32. The molecule has 0 saturated carbocycles. The summed E-state index contributed by atoms with van der Waals surface area (Å²) in [6, 6.07) is 19.8. The fourth-order valence-electron chi connectivity index (χ4n) is 4.31. The molecule has 0 bridgehead atoms. The van der Waals surface area contributed by atoms with Crippen molar-refractivity contribution in [2.45, 2.75) is 32.0 Å². The molecule has 5 rings (SSSR count). The van der Waals surface area contributed by atoms with Gasteiger partial charge < -0.3 is 20.1 Å². The Morgan fingerprint density at radius 1 is 1.18 bits per heavy atom. The highest BCUT2D eigenvalue weighted by Crippen LogP contribution is 2.28. The number of anilines is 1. The molecule has 8 heteroatoms. The van der Waals surface area contributed by atoms with Crippen LogP contribution >= 0.6 is 0 Å². The van der Waals surface area contributed by atoms with E-state index in [1.165, 1.54) is 0 Å². The summed E-state index contributed by atoms with van der Waals surface area (Å²) in [5, 5.41) is 10.3. The van der Waals surface area contributed by atoms with Crippen molar-refractivity contribution in [2.24, 2.45) is 5.92 Å². The third-order valence-corrected chi connectivity index (χ3v) is 6.14. The van der Waals surface area contributed by atoms with Crippen molar-refractivity contribution >= 4 is 17.6 Å². The number of nitrogens with zero attached hydrogens (tertiary/aromatic N) is 2. The Hall–Kier alpha value is -3.49. The van der Waals surface area contributed by atoms with Crippen LogP contribution in [0.25, 0.3) is 16.9 Å². The number of carbonyl (C=O) groups excluding carboxylic acids is 2. The number of benzene rings is 2. The monoisotopic (exact) mass is 460 g/mol. The summed E-state index contributed by atoms with van der Waals surface area (Å²) in [7, 11) is 0. The first kappa shape index (κ1) is 22.3. The lowest BCUT2D eigenvalue weighted by Gasteiger charge is -2.22. The van der Waals surface area contributed by atoms with Crippen molar-refractivity contribution in [2.75, 3.05) is 25.1 Å². The average molecular weight is 461 g/mol. The summed E-state index contributed by atoms with van der Waals surface area (Å²) in [6.07, 6.45) is 2.38. The summed E-state index contributed by atoms with van der Waals surface area (Å²) in [5.41, 5.74) is 3.77. The molecule has 0 radical (unpaired) electrons. The van der Waals surface area contributed by atoms with Gasteiger partial charge in [-0.15, -0.1) is 5.10 Å². The molecule has 3 aromatic rings. The number of amides is 2. The zero-order valence-electron chi connectivity index (χ0n) is 18.9. The fourth-order valence-corrected chi connectivity index (χ4v) is 4.31. The van der Waals surface area contributed by atoms with E-state index in [0.29, 0.717) is 25.6 Å². The summed E-state index contributed by atoms with van der Waals surface area (Å²) in [4.78, 5) is 24.2. The Kier molecular flexibility index (Phi) is 6.69. The van der Waals surface area contributed by atoms with Crippen LogP contribution in [0.2, 0.25) is 0 Å². The van der Waals surface area contributed by atoms with Gasteiger partial charge in [0.05, 0.1) is 36.6 Å². The Balaban J connectivity index is 1.39. The molecule has 8 nitrogen and oxygen atoms in total. The predicted molar refractivity (Wildman–Crippen MR) is 127 cm³/mol. The second kappa shape index (κ2) is 10.2. The standard InChI is InChI=1S/C26H28N4O4/c31-25-13-20(15-27-25)26(32)28-24-14-23(30(29-24)21-8-2-1-3-9-21)19-7-4-6-18(12-19)16-34-22-10-5-11-33-17-22/h1-4,6-9,12,14,20,22H,5,10-11,13,15-17H2,(H,27,31)(H,28,29,32)/t20-,22-/m0/s1. The Morgan fingerprint density at radius 2 is 2.06 bits per heavy atom. The van der Waals surface area contributed by atoms with Gasteiger partial charge in [0.25, 0.3) is 0 Å². The van der Waals surface area contributed by atoms with Gasteiger partial charge in [0, 0.05) is 31.2 Å². The van der Waals surface area contributed by atoms with Crippen LogP contribution < -0.4 is 10.6 Å². The molecular weight excluding hydrogens is 432 g/mol. The van der Waals surface area contributed by atoms with Crippen LogP contribution in [0, 0.1) is 5.92 Å². The lowest BCUT2D eigenvalue weighted by atomic mass is 10.1. The maximum absolute atomic E-state index is 12.7. The lowest BCUT2D eigenvalue weighted by molar-refractivity contribution is -0.123. The van der Waals surface area contributed by atoms with Gasteiger partial charge in [0.1, 0.15) is 0 Å². The van der Waals surface area contributed by atoms with Crippen molar-refractivity contribution in [1.29, 1.82) is 0 Å². The highest BCUT2D eigenvalue weighted by molar-refractivity contribution is 5.97. The molecule has 2 saturated heterocycles. The van der Waals surface area contributed by atoms with Gasteiger partial charge in [-0.2, -0.15) is 0 Å². The van der Waals surface area contributed by atoms with E-state index in [2.05, 4.69) is 21.8 Å². The Bertz CT molecular complexity index is 1150. The van der Waals surface area contributed by atoms with E-state index < -0.39 is 0 Å². The molecule has 2 fully saturated rings. The SMILES string of the molecule is O=C1C[C@H](C(=O)Nc2cc(-c3cccc(CO[C@H]4CCCOC4)c3)n(-c3ccccc3)n2)CN1. The largest absolute Gasteiger partial charge is 0.379 e. The summed E-state index contributed by atoms with van der Waals surface area (Å²) >= 11 is 0. The molecule has 2 atom stereocenters. The third-order valence-electron chi connectivity index (χ3n) is 6.14. The maximum Gasteiger partial charge on any atom is 0.230 e. The molecule has 0 aliphatic carbocycles. The molecule has 0 spiro atoms. The summed E-state index contributed by atoms with van der Waals surface area (Å²) in [5.74, 6) is -0.250. The van der Waals surface area contributed by atoms with Crippen molar-refractivity contribution in [3.8, 4) is 16.9 Å². The highest BCUT2D eigenvalue weighted by Gasteiger charge is 2.28. The second-order valence-electron chi connectivity index (χ2n) is 8.71. The van der Waals surface area contributed by atoms with Crippen molar-refractivity contribution < 1.29 is 19.1 Å². The molecule has 3 heterocycles. The van der Waals surface area contributed by atoms with Crippen LogP contribution in [-0.2, 0) is 25.7 Å². The Morgan fingerprint density at radius 3 is 2.82 bits per heavy atom. The minimum atomic E-state index is -0.387. The van der Waals surface area contributed by atoms with Crippen molar-refractivity contribution in [1.82, 2.24) is 15.1 Å². The number of hydrogen-bond acceptors (Lipinski definition) is 5. The number of hydrogen-bond donors (Lipinski definition) is 2. The van der Waals surface area contributed by atoms with E-state index in [9.17, 15) is 9.59 Å². The van der Waals surface area contributed by atoms with E-state index in [4.69, 9.17) is 9.47 Å². The first-order valence-corrected chi connectivity index (χ1v) is 11.7. The zero-order valence-corrected chi connectivity index (χ0v) is 18.9. The molecule has 2 amide bonds. The maximum atomic E-state index is 12.7. The minimum Gasteiger partial charge on any atom is -0.379 e. The number of para-hydroxylation sites is 1. The molecule has 1 aromatic heterocycles. The molecule has 176 valence electrons. The van der Waals surface area contributed by atoms with Gasteiger partial charge in [0.2, 0.25) is 11.8 Å². The topological polar surface area (TPSA) is 94.5 Å². The molecule has 2 aromatic carbocycles. The van der Waals surface area contributed by atoms with Gasteiger partial charge >= 0.3 is 0 Å². The Labute approximate surface area is 198 Å². The van der Waals surface area contributed by atoms with E-state index in [1.54, 1.807) is 0 Å². The second-order valence-corrected chi connectivity index (χ2v) is 8.71. The number of nitrogens with one attached hydrogen (secondary N) is 2. The number of carbonyl (C=O) groups is 2. The van der Waals surface area contributed by atoms with E-state index in [1.807, 2.05) is 59.3 Å². The van der Waals surface area contributed by atoms with Crippen molar-refractivity contribution in [3.05, 3.63) is 66.2 Å². The van der Waals surface area contributed by atoms with Gasteiger partial charge in [-0.25, -0.2) is 4.68 Å². The fraction of sp³-hybridized carbons (Fsp3) is 0.346. The third kappa shape index (κ3) is 5.18. The van der Waals surface area contributed by atoms with E-state index in [0.717, 1.165) is 42.0 Å². The van der Waals surface area contributed by atoms with Crippen LogP contribution in [0.3, 0.4) is 0 Å². The minimum absolute atomic E-state index is 0.102. The van der Waals surface area contributed by atoms with Gasteiger partial charge in [-0.05, 0) is 36.6 Å². The molecule has 2 aliphatic heterocycles. The number of aromatic nitrogens is 2. The van der Waals surface area contributed by atoms with Crippen molar-refractivity contribution in [3.63, 3.8) is 0 Å². The van der Waals surface area contributed by atoms with Crippen LogP contribution in [0.4, 0.5) is 5.82 Å². The van der Waals surface area contributed by atoms with Gasteiger partial charge in [-0.3, -0.25) is 9.59 Å². The van der Waals surface area contributed by atoms with Crippen LogP contribution in [0.5, 0.6) is 0 Å². The van der Waals surface area contributed by atoms with Gasteiger partial charge in [-0.1, -0.05) is 36.4 Å². The van der Waals surface area contributed by atoms with E-state index >= 15 is 0 Å². The average Bonchev–Trinajstić information content (AvgIpc) is 3.51. The first-order valence-electron chi connectivity index (χ1n) is 11.7. The molecule has 2 aliphatic rings. The van der Waals surface area contributed by atoms with Gasteiger partial charge in [0.15, 0.2) is 5.82 Å². The zero-order chi connectivity index (χ0) is 23.3. The van der Waals surface area contributed by atoms with Crippen LogP contribution in [-0.4, -0.2) is 47.5 Å². The normalized spacial score (nSPS) is 20.2. The quantitative estimate of drug-likeness (QED) is 0.564. The smallest absolute Gasteiger partial charge is 0.230 e. The summed E-state index contributed by atoms with van der Waals surface area (Å²) < 4.78 is 13.4. The number of ether oxygens (including phenoxy) is 2. The predicted octanol–water partition coefficient (Wildman–Crippen LogP) is 3.31. The molecule has 2 N–H and O–H groups in total. The molecule has 34 heavy (non-hydrogen) atoms. The first-order chi connectivity index (χ1) is 16.7. The number of rotatable bonds is 7. The van der Waals surface area contributed by atoms with E-state index in [-0.39, 0.29) is 30.3 Å². The highest BCUT2D eigenvalue weighted by atomic mass is 16.5. The van der Waals surface area contributed by atoms with Crippen LogP contribution in [0.1, 0.15) is 24.8 Å². The lowest BCUT2D eigenvalue weighted by Crippen LogP contribution is -2.25. The van der Waals surface area contributed by atoms with Crippen LogP contribution in [0.15, 0.2) is 60.7 Å².